The number of rotatable bonds is 3. The molecule has 2 rings (SSSR count). The summed E-state index contributed by atoms with van der Waals surface area (Å²) in [5.41, 5.74) is 0.589. The number of hydrogen-bond acceptors (Lipinski definition) is 2. The lowest BCUT2D eigenvalue weighted by atomic mass is 9.68. The molecular formula is C14H28NO2+. The van der Waals surface area contributed by atoms with Crippen LogP contribution in [0.3, 0.4) is 0 Å². The van der Waals surface area contributed by atoms with E-state index in [-0.39, 0.29) is 5.60 Å². The number of ether oxygens (including phenoxy) is 1. The highest BCUT2D eigenvalue weighted by Gasteiger charge is 2.46. The van der Waals surface area contributed by atoms with Crippen LogP contribution in [0.5, 0.6) is 0 Å². The first-order chi connectivity index (χ1) is 8.11. The Bertz CT molecular complexity index is 253. The smallest absolute Gasteiger partial charge is 0.101 e. The number of hydrogen-bond donors (Lipinski definition) is 2. The molecule has 0 amide bonds. The summed E-state index contributed by atoms with van der Waals surface area (Å²) in [5.74, 6) is 0. The third-order valence-corrected chi connectivity index (χ3v) is 4.91. The van der Waals surface area contributed by atoms with Gasteiger partial charge in [0, 0.05) is 12.0 Å². The minimum atomic E-state index is 0.0971. The summed E-state index contributed by atoms with van der Waals surface area (Å²) in [7, 11) is 0. The van der Waals surface area contributed by atoms with E-state index >= 15 is 0 Å². The zero-order chi connectivity index (χ0) is 12.4. The Morgan fingerprint density at radius 3 is 2.88 bits per heavy atom. The SMILES string of the molecule is CCC1(C)CC2(CCC[NH+](CCO)C2)CCO1. The van der Waals surface area contributed by atoms with Gasteiger partial charge in [-0.2, -0.15) is 0 Å². The van der Waals surface area contributed by atoms with Gasteiger partial charge in [-0.3, -0.25) is 0 Å². The summed E-state index contributed by atoms with van der Waals surface area (Å²) in [6, 6.07) is 0. The van der Waals surface area contributed by atoms with Gasteiger partial charge in [-0.25, -0.2) is 0 Å². The standard InChI is InChI=1S/C14H27NO2/c1-3-13(2)11-14(6-10-17-13)5-4-7-15(12-14)8-9-16/h16H,3-12H2,1-2H3/p+1. The maximum atomic E-state index is 9.11. The zero-order valence-corrected chi connectivity index (χ0v) is 11.4. The topological polar surface area (TPSA) is 33.9 Å². The molecule has 0 saturated carbocycles. The van der Waals surface area contributed by atoms with Crippen molar-refractivity contribution < 1.29 is 14.7 Å². The summed E-state index contributed by atoms with van der Waals surface area (Å²) >= 11 is 0. The van der Waals surface area contributed by atoms with Crippen LogP contribution in [0.15, 0.2) is 0 Å². The quantitative estimate of drug-likeness (QED) is 0.761. The highest BCUT2D eigenvalue weighted by atomic mass is 16.5. The molecule has 0 aromatic carbocycles. The Morgan fingerprint density at radius 2 is 2.18 bits per heavy atom. The van der Waals surface area contributed by atoms with Gasteiger partial charge in [0.25, 0.3) is 0 Å². The fraction of sp³-hybridized carbons (Fsp3) is 1.00. The van der Waals surface area contributed by atoms with Crippen LogP contribution < -0.4 is 4.90 Å². The normalized spacial score (nSPS) is 42.9. The fourth-order valence-corrected chi connectivity index (χ4v) is 3.83. The zero-order valence-electron chi connectivity index (χ0n) is 11.4. The lowest BCUT2D eigenvalue weighted by Crippen LogP contribution is -3.15. The van der Waals surface area contributed by atoms with Gasteiger partial charge in [0.05, 0.1) is 25.3 Å². The summed E-state index contributed by atoms with van der Waals surface area (Å²) in [6.07, 6.45) is 6.23. The van der Waals surface area contributed by atoms with Crippen LogP contribution in [0.2, 0.25) is 0 Å². The Hall–Kier alpha value is -0.120. The maximum Gasteiger partial charge on any atom is 0.101 e. The minimum Gasteiger partial charge on any atom is -0.391 e. The van der Waals surface area contributed by atoms with Gasteiger partial charge in [-0.05, 0) is 39.0 Å². The van der Waals surface area contributed by atoms with E-state index in [0.717, 1.165) is 19.6 Å². The van der Waals surface area contributed by atoms with Crippen molar-refractivity contribution in [2.75, 3.05) is 32.8 Å². The van der Waals surface area contributed by atoms with Gasteiger partial charge in [0.15, 0.2) is 0 Å². The number of piperidine rings is 1. The summed E-state index contributed by atoms with van der Waals surface area (Å²) < 4.78 is 5.98. The van der Waals surface area contributed by atoms with E-state index in [4.69, 9.17) is 9.84 Å². The second kappa shape index (κ2) is 5.25. The molecule has 0 radical (unpaired) electrons. The molecule has 3 atom stereocenters. The molecule has 100 valence electrons. The molecule has 17 heavy (non-hydrogen) atoms. The molecule has 2 fully saturated rings. The van der Waals surface area contributed by atoms with Gasteiger partial charge in [0.1, 0.15) is 6.54 Å². The molecule has 3 unspecified atom stereocenters. The van der Waals surface area contributed by atoms with Crippen molar-refractivity contribution in [3.05, 3.63) is 0 Å². The minimum absolute atomic E-state index is 0.0971. The molecule has 0 aromatic rings. The number of nitrogens with one attached hydrogen (secondary N) is 1. The third-order valence-electron chi connectivity index (χ3n) is 4.91. The summed E-state index contributed by atoms with van der Waals surface area (Å²) in [6.45, 7) is 9.17. The van der Waals surface area contributed by atoms with Gasteiger partial charge >= 0.3 is 0 Å². The Morgan fingerprint density at radius 1 is 1.35 bits per heavy atom. The molecule has 1 spiro atoms. The van der Waals surface area contributed by atoms with Crippen molar-refractivity contribution in [1.82, 2.24) is 0 Å². The second-order valence-corrected chi connectivity index (χ2v) is 6.33. The first-order valence-corrected chi connectivity index (χ1v) is 7.20. The molecule has 2 aliphatic heterocycles. The highest BCUT2D eigenvalue weighted by molar-refractivity contribution is 4.92. The first-order valence-electron chi connectivity index (χ1n) is 7.20. The van der Waals surface area contributed by atoms with E-state index in [1.54, 1.807) is 4.90 Å². The third kappa shape index (κ3) is 3.01. The van der Waals surface area contributed by atoms with E-state index in [0.29, 0.717) is 12.0 Å². The van der Waals surface area contributed by atoms with Crippen LogP contribution in [0.4, 0.5) is 0 Å². The molecule has 2 N–H and O–H groups in total. The largest absolute Gasteiger partial charge is 0.391 e. The lowest BCUT2D eigenvalue weighted by molar-refractivity contribution is -0.913. The number of quaternary nitrogens is 1. The van der Waals surface area contributed by atoms with Crippen LogP contribution >= 0.6 is 0 Å². The number of likely N-dealkylation sites (tertiary alicyclic amines) is 1. The molecule has 2 saturated heterocycles. The van der Waals surface area contributed by atoms with E-state index in [2.05, 4.69) is 13.8 Å². The van der Waals surface area contributed by atoms with E-state index in [9.17, 15) is 0 Å². The van der Waals surface area contributed by atoms with E-state index < -0.39 is 0 Å². The van der Waals surface area contributed by atoms with Crippen LogP contribution in [0.1, 0.15) is 46.0 Å². The number of aliphatic hydroxyl groups excluding tert-OH is 1. The Labute approximate surface area is 105 Å². The number of aliphatic hydroxyl groups is 1. The predicted octanol–water partition coefficient (Wildman–Crippen LogP) is 0.623. The maximum absolute atomic E-state index is 9.11. The van der Waals surface area contributed by atoms with Crippen molar-refractivity contribution in [3.8, 4) is 0 Å². The van der Waals surface area contributed by atoms with Gasteiger partial charge in [-0.15, -0.1) is 0 Å². The average molecular weight is 242 g/mol. The molecule has 3 nitrogen and oxygen atoms in total. The van der Waals surface area contributed by atoms with Crippen LogP contribution in [-0.2, 0) is 4.74 Å². The molecule has 0 aliphatic carbocycles. The first kappa shape index (κ1) is 13.3. The van der Waals surface area contributed by atoms with Crippen LogP contribution in [0, 0.1) is 5.41 Å². The van der Waals surface area contributed by atoms with E-state index in [1.165, 1.54) is 38.8 Å². The van der Waals surface area contributed by atoms with Gasteiger partial charge < -0.3 is 14.7 Å². The molecule has 0 aromatic heterocycles. The molecule has 2 heterocycles. The predicted molar refractivity (Wildman–Crippen MR) is 68.2 cm³/mol. The average Bonchev–Trinajstić information content (AvgIpc) is 2.29. The second-order valence-electron chi connectivity index (χ2n) is 6.33. The van der Waals surface area contributed by atoms with Crippen molar-refractivity contribution in [2.24, 2.45) is 5.41 Å². The lowest BCUT2D eigenvalue weighted by Gasteiger charge is -2.49. The van der Waals surface area contributed by atoms with Crippen LogP contribution in [-0.4, -0.2) is 43.6 Å². The van der Waals surface area contributed by atoms with Gasteiger partial charge in [-0.1, -0.05) is 6.92 Å². The molecule has 0 bridgehead atoms. The Balaban J connectivity index is 2.02. The summed E-state index contributed by atoms with van der Waals surface area (Å²) in [4.78, 5) is 1.60. The molecule has 2 aliphatic rings. The van der Waals surface area contributed by atoms with Gasteiger partial charge in [0.2, 0.25) is 0 Å². The van der Waals surface area contributed by atoms with Crippen molar-refractivity contribution in [2.45, 2.75) is 51.6 Å². The van der Waals surface area contributed by atoms with E-state index in [1.807, 2.05) is 0 Å². The van der Waals surface area contributed by atoms with Crippen molar-refractivity contribution in [3.63, 3.8) is 0 Å². The Kier molecular flexibility index (Phi) is 4.11. The fourth-order valence-electron chi connectivity index (χ4n) is 3.83. The van der Waals surface area contributed by atoms with Crippen molar-refractivity contribution in [1.29, 1.82) is 0 Å². The molecular weight excluding hydrogens is 214 g/mol. The molecule has 3 heteroatoms. The monoisotopic (exact) mass is 242 g/mol. The van der Waals surface area contributed by atoms with Crippen LogP contribution in [0.25, 0.3) is 0 Å². The summed E-state index contributed by atoms with van der Waals surface area (Å²) in [5, 5.41) is 9.11. The van der Waals surface area contributed by atoms with Crippen molar-refractivity contribution >= 4 is 0 Å². The highest BCUT2D eigenvalue weighted by Crippen LogP contribution is 2.43.